The number of hydrogen-bond donors (Lipinski definition) is 1. The number of carboxylic acid groups (broad SMARTS) is 1. The highest BCUT2D eigenvalue weighted by Crippen LogP contribution is 2.39. The van der Waals surface area contributed by atoms with E-state index in [1.54, 1.807) is 6.92 Å². The second-order valence-corrected chi connectivity index (χ2v) is 9.97. The zero-order valence-corrected chi connectivity index (χ0v) is 19.2. The third kappa shape index (κ3) is 4.46. The summed E-state index contributed by atoms with van der Waals surface area (Å²) in [6.45, 7) is 4.24. The van der Waals surface area contributed by atoms with Crippen LogP contribution in [-0.4, -0.2) is 32.1 Å². The van der Waals surface area contributed by atoms with Gasteiger partial charge in [-0.2, -0.15) is 0 Å². The maximum absolute atomic E-state index is 14.2. The topological polar surface area (TPSA) is 101 Å². The number of halogens is 4. The van der Waals surface area contributed by atoms with Crippen molar-refractivity contribution in [2.45, 2.75) is 44.8 Å². The first kappa shape index (κ1) is 25.5. The molecule has 1 aliphatic rings. The molecular formula is C22H21F4NO6S. The van der Waals surface area contributed by atoms with E-state index in [9.17, 15) is 40.7 Å². The molecule has 0 saturated heterocycles. The Balaban J connectivity index is 2.08. The van der Waals surface area contributed by atoms with E-state index >= 15 is 0 Å². The molecule has 3 rings (SSSR count). The molecule has 0 saturated carbocycles. The first-order valence-corrected chi connectivity index (χ1v) is 12.0. The molecule has 1 heterocycles. The number of nitrogens with zero attached hydrogens (tertiary/aromatic N) is 1. The third-order valence-corrected chi connectivity index (χ3v) is 6.96. The van der Waals surface area contributed by atoms with Crippen LogP contribution in [0.2, 0.25) is 0 Å². The lowest BCUT2D eigenvalue weighted by molar-refractivity contribution is 0.0680. The van der Waals surface area contributed by atoms with E-state index in [0.29, 0.717) is 6.42 Å². The molecule has 1 aliphatic heterocycles. The van der Waals surface area contributed by atoms with Crippen molar-refractivity contribution >= 4 is 27.6 Å². The standard InChI is InChI=1S/C22H21F4NO6S/c1-4-7-27-14-6-5-12(16(21(28)29)15(14)11(3)33-22(27)30)8-34(31,32)9-13-19(25)17(23)10(2)18(24)20(13)26/h5-6,11H,4,7-9H2,1-3H3,(H,28,29). The zero-order chi connectivity index (χ0) is 25.5. The number of ether oxygens (including phenoxy) is 1. The van der Waals surface area contributed by atoms with Crippen LogP contribution in [0, 0.1) is 30.2 Å². The van der Waals surface area contributed by atoms with Crippen molar-refractivity contribution in [3.63, 3.8) is 0 Å². The molecule has 0 bridgehead atoms. The number of sulfone groups is 1. The minimum atomic E-state index is -4.51. The Morgan fingerprint density at radius 2 is 1.68 bits per heavy atom. The van der Waals surface area contributed by atoms with Gasteiger partial charge >= 0.3 is 12.1 Å². The predicted molar refractivity (Wildman–Crippen MR) is 113 cm³/mol. The van der Waals surface area contributed by atoms with E-state index in [2.05, 4.69) is 0 Å². The molecule has 1 N–H and O–H groups in total. The summed E-state index contributed by atoms with van der Waals surface area (Å²) in [7, 11) is -4.51. The van der Waals surface area contributed by atoms with Gasteiger partial charge in [0.15, 0.2) is 33.1 Å². The minimum Gasteiger partial charge on any atom is -0.478 e. The van der Waals surface area contributed by atoms with Gasteiger partial charge in [-0.15, -0.1) is 0 Å². The van der Waals surface area contributed by atoms with Crippen LogP contribution in [0.3, 0.4) is 0 Å². The molecular weight excluding hydrogens is 482 g/mol. The normalized spacial score (nSPS) is 15.8. The average molecular weight is 503 g/mol. The van der Waals surface area contributed by atoms with Gasteiger partial charge in [0.25, 0.3) is 0 Å². The Bertz CT molecular complexity index is 1270. The molecule has 184 valence electrons. The lowest BCUT2D eigenvalue weighted by Gasteiger charge is -2.34. The maximum Gasteiger partial charge on any atom is 0.414 e. The van der Waals surface area contributed by atoms with Crippen LogP contribution in [0.15, 0.2) is 12.1 Å². The van der Waals surface area contributed by atoms with Crippen LogP contribution in [-0.2, 0) is 26.1 Å². The lowest BCUT2D eigenvalue weighted by Crippen LogP contribution is -2.38. The SMILES string of the molecule is CCCN1C(=O)OC(C)c2c1ccc(CS(=O)(=O)Cc1c(F)c(F)c(C)c(F)c1F)c2C(=O)O. The molecule has 34 heavy (non-hydrogen) atoms. The molecule has 0 aromatic heterocycles. The van der Waals surface area contributed by atoms with Crippen molar-refractivity contribution in [3.05, 3.63) is 63.2 Å². The van der Waals surface area contributed by atoms with Crippen molar-refractivity contribution < 1.29 is 45.4 Å². The number of carboxylic acids is 1. The Morgan fingerprint density at radius 3 is 2.21 bits per heavy atom. The van der Waals surface area contributed by atoms with Crippen molar-refractivity contribution in [1.29, 1.82) is 0 Å². The summed E-state index contributed by atoms with van der Waals surface area (Å²) in [5, 5.41) is 9.83. The Labute approximate surface area is 192 Å². The largest absolute Gasteiger partial charge is 0.478 e. The Morgan fingerprint density at radius 1 is 1.09 bits per heavy atom. The molecule has 7 nitrogen and oxygen atoms in total. The van der Waals surface area contributed by atoms with E-state index in [-0.39, 0.29) is 23.4 Å². The molecule has 0 aliphatic carbocycles. The molecule has 1 unspecified atom stereocenters. The molecule has 0 fully saturated rings. The van der Waals surface area contributed by atoms with Gasteiger partial charge in [-0.1, -0.05) is 13.0 Å². The minimum absolute atomic E-state index is 0.0676. The van der Waals surface area contributed by atoms with Gasteiger partial charge in [-0.25, -0.2) is 35.6 Å². The summed E-state index contributed by atoms with van der Waals surface area (Å²) >= 11 is 0. The number of aromatic carboxylic acids is 1. The van der Waals surface area contributed by atoms with Gasteiger partial charge < -0.3 is 9.84 Å². The number of fused-ring (bicyclic) bond motifs is 1. The fourth-order valence-corrected chi connectivity index (χ4v) is 5.41. The van der Waals surface area contributed by atoms with Gasteiger partial charge in [0.2, 0.25) is 0 Å². The van der Waals surface area contributed by atoms with E-state index in [0.717, 1.165) is 6.92 Å². The number of carbonyl (C=O) groups excluding carboxylic acids is 1. The molecule has 1 atom stereocenters. The second-order valence-electron chi connectivity index (χ2n) is 7.91. The first-order valence-electron chi connectivity index (χ1n) is 10.2. The first-order chi connectivity index (χ1) is 15.8. The summed E-state index contributed by atoms with van der Waals surface area (Å²) < 4.78 is 86.9. The zero-order valence-electron chi connectivity index (χ0n) is 18.4. The van der Waals surface area contributed by atoms with Crippen molar-refractivity contribution in [2.75, 3.05) is 11.4 Å². The molecule has 12 heteroatoms. The Hall–Kier alpha value is -3.15. The van der Waals surface area contributed by atoms with Crippen LogP contribution in [0.25, 0.3) is 0 Å². The number of rotatable bonds is 7. The second kappa shape index (κ2) is 9.24. The highest BCUT2D eigenvalue weighted by molar-refractivity contribution is 7.89. The highest BCUT2D eigenvalue weighted by Gasteiger charge is 2.36. The molecule has 0 radical (unpaired) electrons. The molecule has 1 amide bonds. The summed E-state index contributed by atoms with van der Waals surface area (Å²) in [4.78, 5) is 25.5. The Kier molecular flexibility index (Phi) is 6.92. The summed E-state index contributed by atoms with van der Waals surface area (Å²) in [5.41, 5.74) is -2.61. The van der Waals surface area contributed by atoms with Crippen molar-refractivity contribution in [1.82, 2.24) is 0 Å². The van der Waals surface area contributed by atoms with Gasteiger partial charge in [0.05, 0.1) is 22.8 Å². The van der Waals surface area contributed by atoms with Crippen LogP contribution in [0.4, 0.5) is 28.0 Å². The smallest absolute Gasteiger partial charge is 0.414 e. The van der Waals surface area contributed by atoms with Gasteiger partial charge in [-0.05, 0) is 31.9 Å². The number of benzene rings is 2. The van der Waals surface area contributed by atoms with E-state index < -0.39 is 79.5 Å². The van der Waals surface area contributed by atoms with Gasteiger partial charge in [-0.3, -0.25) is 4.90 Å². The summed E-state index contributed by atoms with van der Waals surface area (Å²) in [5.74, 6) is -11.0. The monoisotopic (exact) mass is 503 g/mol. The number of cyclic esters (lactones) is 1. The van der Waals surface area contributed by atoms with Crippen LogP contribution < -0.4 is 4.90 Å². The van der Waals surface area contributed by atoms with Crippen LogP contribution in [0.5, 0.6) is 0 Å². The predicted octanol–water partition coefficient (Wildman–Crippen LogP) is 4.79. The van der Waals surface area contributed by atoms with E-state index in [4.69, 9.17) is 4.74 Å². The lowest BCUT2D eigenvalue weighted by atomic mass is 9.94. The van der Waals surface area contributed by atoms with Gasteiger partial charge in [0, 0.05) is 23.2 Å². The maximum atomic E-state index is 14.2. The number of amides is 1. The number of hydrogen-bond acceptors (Lipinski definition) is 5. The van der Waals surface area contributed by atoms with Crippen LogP contribution in [0.1, 0.15) is 59.0 Å². The third-order valence-electron chi connectivity index (χ3n) is 5.48. The number of carbonyl (C=O) groups is 2. The summed E-state index contributed by atoms with van der Waals surface area (Å²) in [6, 6.07) is 2.54. The quantitative estimate of drug-likeness (QED) is 0.431. The molecule has 0 spiro atoms. The molecule has 2 aromatic rings. The summed E-state index contributed by atoms with van der Waals surface area (Å²) in [6.07, 6.45) is -1.17. The van der Waals surface area contributed by atoms with Crippen molar-refractivity contribution in [3.8, 4) is 0 Å². The van der Waals surface area contributed by atoms with Crippen LogP contribution >= 0.6 is 0 Å². The van der Waals surface area contributed by atoms with Gasteiger partial charge in [0.1, 0.15) is 6.10 Å². The average Bonchev–Trinajstić information content (AvgIpc) is 2.76. The number of anilines is 1. The molecule has 2 aromatic carbocycles. The fourth-order valence-electron chi connectivity index (χ4n) is 3.90. The van der Waals surface area contributed by atoms with E-state index in [1.807, 2.05) is 0 Å². The highest BCUT2D eigenvalue weighted by atomic mass is 32.2. The fraction of sp³-hybridized carbons (Fsp3) is 0.364. The van der Waals surface area contributed by atoms with Crippen molar-refractivity contribution in [2.24, 2.45) is 0 Å². The van der Waals surface area contributed by atoms with E-state index in [1.165, 1.54) is 24.0 Å².